The van der Waals surface area contributed by atoms with Crippen LogP contribution < -0.4 is 18.9 Å². The van der Waals surface area contributed by atoms with E-state index in [9.17, 15) is 19.2 Å². The quantitative estimate of drug-likeness (QED) is 0.0312. The molecule has 0 heterocycles. The van der Waals surface area contributed by atoms with Crippen LogP contribution in [-0.2, 0) is 19.1 Å². The maximum Gasteiger partial charge on any atom is 0.343 e. The van der Waals surface area contributed by atoms with Crippen LogP contribution >= 0.6 is 0 Å². The second-order valence-corrected chi connectivity index (χ2v) is 13.1. The molecule has 10 heteroatoms. The van der Waals surface area contributed by atoms with Crippen molar-refractivity contribution in [3.8, 4) is 34.1 Å². The molecule has 4 aromatic rings. The van der Waals surface area contributed by atoms with Gasteiger partial charge < -0.3 is 28.4 Å². The van der Waals surface area contributed by atoms with Crippen LogP contribution in [-0.4, -0.2) is 50.3 Å². The van der Waals surface area contributed by atoms with Crippen molar-refractivity contribution in [2.75, 3.05) is 26.4 Å². The van der Waals surface area contributed by atoms with Gasteiger partial charge in [0.05, 0.1) is 37.6 Å². The van der Waals surface area contributed by atoms with E-state index in [1.54, 1.807) is 60.7 Å². The first-order valence-electron chi connectivity index (χ1n) is 18.9. The van der Waals surface area contributed by atoms with Crippen molar-refractivity contribution in [2.24, 2.45) is 0 Å². The lowest BCUT2D eigenvalue weighted by atomic mass is 9.99. The van der Waals surface area contributed by atoms with Gasteiger partial charge in [0.25, 0.3) is 0 Å². The molecule has 0 saturated heterocycles. The lowest BCUT2D eigenvalue weighted by Gasteiger charge is -2.14. The number of carbonyl (C=O) groups is 4. The Bertz CT molecular complexity index is 1890. The predicted octanol–water partition coefficient (Wildman–Crippen LogP) is 9.75. The topological polar surface area (TPSA) is 124 Å². The van der Waals surface area contributed by atoms with Gasteiger partial charge in [-0.2, -0.15) is 0 Å². The van der Waals surface area contributed by atoms with Crippen LogP contribution in [0.4, 0.5) is 0 Å². The summed E-state index contributed by atoms with van der Waals surface area (Å²) < 4.78 is 33.0. The number of aryl methyl sites for hydroxylation is 2. The molecular formula is C46H50O10. The van der Waals surface area contributed by atoms with Crippen LogP contribution in [0.1, 0.15) is 83.2 Å². The van der Waals surface area contributed by atoms with E-state index >= 15 is 0 Å². The Morgan fingerprint density at radius 1 is 0.482 bits per heavy atom. The number of carbonyl (C=O) groups excluding carboxylic acids is 4. The van der Waals surface area contributed by atoms with Crippen molar-refractivity contribution < 1.29 is 47.6 Å². The van der Waals surface area contributed by atoms with Crippen molar-refractivity contribution in [3.05, 3.63) is 132 Å². The Hall–Kier alpha value is -6.16. The van der Waals surface area contributed by atoms with E-state index in [0.717, 1.165) is 85.8 Å². The lowest BCUT2D eigenvalue weighted by Crippen LogP contribution is -2.10. The number of ether oxygens (including phenoxy) is 6. The van der Waals surface area contributed by atoms with Gasteiger partial charge >= 0.3 is 23.9 Å². The third-order valence-corrected chi connectivity index (χ3v) is 8.67. The molecule has 10 nitrogen and oxygen atoms in total. The van der Waals surface area contributed by atoms with E-state index < -0.39 is 23.9 Å². The number of hydrogen-bond donors (Lipinski definition) is 0. The van der Waals surface area contributed by atoms with E-state index in [0.29, 0.717) is 60.6 Å². The maximum atomic E-state index is 13.0. The van der Waals surface area contributed by atoms with E-state index in [2.05, 4.69) is 13.2 Å². The molecule has 4 rings (SSSR count). The van der Waals surface area contributed by atoms with Crippen LogP contribution in [0.25, 0.3) is 11.1 Å². The van der Waals surface area contributed by atoms with Crippen molar-refractivity contribution in [3.63, 3.8) is 0 Å². The van der Waals surface area contributed by atoms with Gasteiger partial charge in [0.1, 0.15) is 23.0 Å². The van der Waals surface area contributed by atoms with Gasteiger partial charge in [0.2, 0.25) is 0 Å². The zero-order valence-electron chi connectivity index (χ0n) is 32.2. The average molecular weight is 763 g/mol. The highest BCUT2D eigenvalue weighted by atomic mass is 16.5. The summed E-state index contributed by atoms with van der Waals surface area (Å²) in [5, 5.41) is 0. The molecule has 0 aromatic heterocycles. The Labute approximate surface area is 329 Å². The molecule has 56 heavy (non-hydrogen) atoms. The number of rotatable bonds is 23. The van der Waals surface area contributed by atoms with Gasteiger partial charge in [-0.1, -0.05) is 25.3 Å². The summed E-state index contributed by atoms with van der Waals surface area (Å²) in [7, 11) is 0. The second kappa shape index (κ2) is 22.9. The van der Waals surface area contributed by atoms with Crippen molar-refractivity contribution >= 4 is 23.9 Å². The molecule has 0 unspecified atom stereocenters. The summed E-state index contributed by atoms with van der Waals surface area (Å²) in [6.45, 7) is 12.4. The number of esters is 4. The minimum absolute atomic E-state index is 0.390. The third-order valence-electron chi connectivity index (χ3n) is 8.67. The predicted molar refractivity (Wildman–Crippen MR) is 214 cm³/mol. The summed E-state index contributed by atoms with van der Waals surface area (Å²) in [6.07, 6.45) is 9.40. The van der Waals surface area contributed by atoms with Gasteiger partial charge in [-0.15, -0.1) is 0 Å². The summed E-state index contributed by atoms with van der Waals surface area (Å²) >= 11 is 0. The van der Waals surface area contributed by atoms with E-state index in [1.807, 2.05) is 38.1 Å². The van der Waals surface area contributed by atoms with Gasteiger partial charge in [-0.25, -0.2) is 19.2 Å². The minimum atomic E-state index is -0.476. The Morgan fingerprint density at radius 2 is 0.875 bits per heavy atom. The normalized spacial score (nSPS) is 10.5. The lowest BCUT2D eigenvalue weighted by molar-refractivity contribution is -0.138. The first-order valence-corrected chi connectivity index (χ1v) is 18.9. The first kappa shape index (κ1) is 42.6. The zero-order valence-corrected chi connectivity index (χ0v) is 32.2. The minimum Gasteiger partial charge on any atom is -0.494 e. The number of hydrogen-bond acceptors (Lipinski definition) is 10. The van der Waals surface area contributed by atoms with E-state index in [-0.39, 0.29) is 0 Å². The average Bonchev–Trinajstić information content (AvgIpc) is 3.21. The fourth-order valence-electron chi connectivity index (χ4n) is 5.64. The molecule has 4 aromatic carbocycles. The fraction of sp³-hybridized carbons (Fsp3) is 0.304. The largest absolute Gasteiger partial charge is 0.494 e. The van der Waals surface area contributed by atoms with Gasteiger partial charge in [-0.3, -0.25) is 0 Å². The first-order chi connectivity index (χ1) is 27.2. The molecule has 0 amide bonds. The maximum absolute atomic E-state index is 13.0. The van der Waals surface area contributed by atoms with Gasteiger partial charge in [-0.05, 0) is 160 Å². The van der Waals surface area contributed by atoms with Crippen molar-refractivity contribution in [2.45, 2.75) is 65.2 Å². The van der Waals surface area contributed by atoms with Crippen molar-refractivity contribution in [1.29, 1.82) is 0 Å². The number of benzene rings is 4. The number of unbranched alkanes of at least 4 members (excludes halogenated alkanes) is 6. The molecule has 0 radical (unpaired) electrons. The molecule has 0 fully saturated rings. The van der Waals surface area contributed by atoms with Crippen LogP contribution in [0.15, 0.2) is 110 Å². The highest BCUT2D eigenvalue weighted by molar-refractivity contribution is 5.92. The Kier molecular flexibility index (Phi) is 17.4. The van der Waals surface area contributed by atoms with Crippen LogP contribution in [0, 0.1) is 13.8 Å². The molecule has 0 aliphatic heterocycles. The monoisotopic (exact) mass is 762 g/mol. The molecular weight excluding hydrogens is 712 g/mol. The molecule has 0 bridgehead atoms. The third kappa shape index (κ3) is 14.2. The summed E-state index contributed by atoms with van der Waals surface area (Å²) in [5.74, 6) is 0.504. The molecule has 0 saturated carbocycles. The van der Waals surface area contributed by atoms with Crippen LogP contribution in [0.3, 0.4) is 0 Å². The molecule has 0 aliphatic rings. The smallest absolute Gasteiger partial charge is 0.343 e. The van der Waals surface area contributed by atoms with Crippen LogP contribution in [0.5, 0.6) is 23.0 Å². The van der Waals surface area contributed by atoms with E-state index in [1.165, 1.54) is 0 Å². The Balaban J connectivity index is 1.19. The fourth-order valence-corrected chi connectivity index (χ4v) is 5.64. The summed E-state index contributed by atoms with van der Waals surface area (Å²) in [4.78, 5) is 47.9. The SMILES string of the molecule is C=CC(=O)OCCCCCCOc1ccc(C(=O)Oc2ccc(-c3cc(C)c(OC(=O)c4ccc(OCCCCCCOC(=O)C=C)cc4)c(C)c3)cc2)cc1. The van der Waals surface area contributed by atoms with Crippen LogP contribution in [0.2, 0.25) is 0 Å². The van der Waals surface area contributed by atoms with Crippen molar-refractivity contribution in [1.82, 2.24) is 0 Å². The Morgan fingerprint density at radius 3 is 1.30 bits per heavy atom. The highest BCUT2D eigenvalue weighted by Gasteiger charge is 2.15. The highest BCUT2D eigenvalue weighted by Crippen LogP contribution is 2.32. The molecule has 0 aliphatic carbocycles. The molecule has 0 N–H and O–H groups in total. The van der Waals surface area contributed by atoms with Gasteiger partial charge in [0, 0.05) is 12.2 Å². The molecule has 0 spiro atoms. The summed E-state index contributed by atoms with van der Waals surface area (Å²) in [6, 6.07) is 24.9. The van der Waals surface area contributed by atoms with Gasteiger partial charge in [0.15, 0.2) is 0 Å². The standard InChI is InChI=1S/C46H50O10/c1-5-42(47)53-29-13-9-7-11-27-51-39-21-17-36(18-22-39)45(49)55-41-25-15-35(16-26-41)38-31-33(3)44(34(4)32-38)56-46(50)37-19-23-40(24-20-37)52-28-12-8-10-14-30-54-43(48)6-2/h5-6,15-26,31-32H,1-2,7-14,27-30H2,3-4H3. The zero-order chi connectivity index (χ0) is 40.1. The molecule has 0 atom stereocenters. The summed E-state index contributed by atoms with van der Waals surface area (Å²) in [5.41, 5.74) is 4.27. The second-order valence-electron chi connectivity index (χ2n) is 13.1. The van der Waals surface area contributed by atoms with E-state index in [4.69, 9.17) is 28.4 Å². The molecule has 294 valence electrons.